The molecule has 0 atom stereocenters. The minimum absolute atomic E-state index is 0.625. The summed E-state index contributed by atoms with van der Waals surface area (Å²) < 4.78 is 7.64. The Morgan fingerprint density at radius 3 is 2.58 bits per heavy atom. The molecule has 0 aliphatic carbocycles. The van der Waals surface area contributed by atoms with Crippen molar-refractivity contribution in [1.82, 2.24) is 39.5 Å². The van der Waals surface area contributed by atoms with Gasteiger partial charge in [-0.2, -0.15) is 5.10 Å². The van der Waals surface area contributed by atoms with E-state index in [1.54, 1.807) is 0 Å². The number of aromatic nitrogens is 8. The maximum atomic E-state index is 5.56. The van der Waals surface area contributed by atoms with Crippen LogP contribution in [-0.2, 0) is 4.74 Å². The summed E-state index contributed by atoms with van der Waals surface area (Å²) in [5.74, 6) is 1.46. The SMILES string of the molecule is C(=Cc1cn2c(-c3ccc(-c4ncn[nH]4)nc3)cnc(N3CCOCC3)c2n1)c1ccc2ccccc2n1. The molecule has 1 N–H and O–H groups in total. The minimum atomic E-state index is 0.625. The summed E-state index contributed by atoms with van der Waals surface area (Å²) in [6, 6.07) is 16.1. The lowest BCUT2D eigenvalue weighted by molar-refractivity contribution is 0.122. The van der Waals surface area contributed by atoms with Crippen LogP contribution in [0.25, 0.3) is 51.5 Å². The predicted molar refractivity (Wildman–Crippen MR) is 145 cm³/mol. The van der Waals surface area contributed by atoms with Crippen LogP contribution in [0.15, 0.2) is 73.4 Å². The lowest BCUT2D eigenvalue weighted by atomic mass is 10.2. The van der Waals surface area contributed by atoms with Crippen molar-refractivity contribution in [3.63, 3.8) is 0 Å². The molecule has 1 aliphatic heterocycles. The van der Waals surface area contributed by atoms with Gasteiger partial charge in [0.05, 0.1) is 42.0 Å². The van der Waals surface area contributed by atoms with E-state index in [0.29, 0.717) is 19.0 Å². The average Bonchev–Trinajstić information content (AvgIpc) is 3.67. The summed E-state index contributed by atoms with van der Waals surface area (Å²) in [4.78, 5) is 25.5. The number of hydrogen-bond donors (Lipinski definition) is 1. The molecular formula is C28H23N9O. The maximum Gasteiger partial charge on any atom is 0.181 e. The zero-order chi connectivity index (χ0) is 25.3. The first kappa shape index (κ1) is 22.3. The van der Waals surface area contributed by atoms with Gasteiger partial charge in [-0.25, -0.2) is 19.9 Å². The summed E-state index contributed by atoms with van der Waals surface area (Å²) in [7, 11) is 0. The topological polar surface area (TPSA) is 110 Å². The molecule has 0 amide bonds. The van der Waals surface area contributed by atoms with E-state index in [1.165, 1.54) is 6.33 Å². The van der Waals surface area contributed by atoms with Gasteiger partial charge in [0.2, 0.25) is 0 Å². The van der Waals surface area contributed by atoms with Crippen molar-refractivity contribution in [2.75, 3.05) is 31.2 Å². The van der Waals surface area contributed by atoms with Crippen molar-refractivity contribution in [3.05, 3.63) is 84.8 Å². The zero-order valence-electron chi connectivity index (χ0n) is 20.4. The molecular weight excluding hydrogens is 478 g/mol. The second-order valence-electron chi connectivity index (χ2n) is 8.95. The Balaban J connectivity index is 1.29. The number of rotatable bonds is 5. The molecule has 10 nitrogen and oxygen atoms in total. The molecule has 0 unspecified atom stereocenters. The smallest absolute Gasteiger partial charge is 0.181 e. The number of aromatic amines is 1. The van der Waals surface area contributed by atoms with Crippen molar-refractivity contribution in [2.45, 2.75) is 0 Å². The van der Waals surface area contributed by atoms with Crippen LogP contribution in [0.2, 0.25) is 0 Å². The first-order valence-electron chi connectivity index (χ1n) is 12.4. The van der Waals surface area contributed by atoms with Gasteiger partial charge < -0.3 is 9.64 Å². The maximum absolute atomic E-state index is 5.56. The molecule has 6 aromatic rings. The summed E-state index contributed by atoms with van der Waals surface area (Å²) in [6.45, 7) is 2.89. The number of benzene rings is 1. The highest BCUT2D eigenvalue weighted by Gasteiger charge is 2.19. The molecule has 0 spiro atoms. The number of morpholine rings is 1. The van der Waals surface area contributed by atoms with Gasteiger partial charge in [0.15, 0.2) is 17.3 Å². The Labute approximate surface area is 217 Å². The molecule has 0 radical (unpaired) electrons. The van der Waals surface area contributed by atoms with E-state index in [-0.39, 0.29) is 0 Å². The highest BCUT2D eigenvalue weighted by Crippen LogP contribution is 2.28. The summed E-state index contributed by atoms with van der Waals surface area (Å²) in [6.07, 6.45) is 11.2. The van der Waals surface area contributed by atoms with Gasteiger partial charge in [0.1, 0.15) is 12.0 Å². The van der Waals surface area contributed by atoms with Gasteiger partial charge in [-0.3, -0.25) is 14.5 Å². The third-order valence-electron chi connectivity index (χ3n) is 6.57. The molecule has 10 heteroatoms. The summed E-state index contributed by atoms with van der Waals surface area (Å²) in [5.41, 5.74) is 5.97. The molecule has 5 aromatic heterocycles. The molecule has 1 aliphatic rings. The number of para-hydroxylation sites is 1. The van der Waals surface area contributed by atoms with E-state index in [0.717, 1.165) is 63.8 Å². The highest BCUT2D eigenvalue weighted by molar-refractivity contribution is 5.81. The summed E-state index contributed by atoms with van der Waals surface area (Å²) in [5, 5.41) is 7.87. The molecule has 1 fully saturated rings. The second-order valence-corrected chi connectivity index (χ2v) is 8.95. The van der Waals surface area contributed by atoms with Crippen molar-refractivity contribution in [1.29, 1.82) is 0 Å². The van der Waals surface area contributed by atoms with Crippen LogP contribution in [0, 0.1) is 0 Å². The quantitative estimate of drug-likeness (QED) is 0.376. The van der Waals surface area contributed by atoms with Crippen LogP contribution in [0.3, 0.4) is 0 Å². The number of pyridine rings is 2. The van der Waals surface area contributed by atoms with Crippen molar-refractivity contribution >= 4 is 34.5 Å². The van der Waals surface area contributed by atoms with Crippen molar-refractivity contribution in [3.8, 4) is 22.8 Å². The van der Waals surface area contributed by atoms with Gasteiger partial charge in [-0.1, -0.05) is 24.3 Å². The number of anilines is 1. The fraction of sp³-hybridized carbons (Fsp3) is 0.143. The van der Waals surface area contributed by atoms with Crippen LogP contribution in [0.1, 0.15) is 11.4 Å². The second kappa shape index (κ2) is 9.49. The van der Waals surface area contributed by atoms with E-state index in [4.69, 9.17) is 19.7 Å². The molecule has 6 heterocycles. The van der Waals surface area contributed by atoms with Gasteiger partial charge >= 0.3 is 0 Å². The number of H-pyrrole nitrogens is 1. The first-order valence-corrected chi connectivity index (χ1v) is 12.4. The monoisotopic (exact) mass is 501 g/mol. The molecule has 0 bridgehead atoms. The molecule has 38 heavy (non-hydrogen) atoms. The van der Waals surface area contributed by atoms with Gasteiger partial charge in [0.25, 0.3) is 0 Å². The molecule has 1 saturated heterocycles. The standard InChI is InChI=1S/C28H23N9O/c1-2-4-23-19(3-1)5-7-21(33-23)8-9-22-17-37-25(20-6-10-24(29-15-20)26-31-18-32-35-26)16-30-27(28(37)34-22)36-11-13-38-14-12-36/h1-10,15-18H,11-14H2,(H,31,32,35). The Morgan fingerprint density at radius 1 is 0.842 bits per heavy atom. The van der Waals surface area contributed by atoms with Crippen molar-refractivity contribution < 1.29 is 4.74 Å². The lowest BCUT2D eigenvalue weighted by Crippen LogP contribution is -2.37. The number of nitrogens with one attached hydrogen (secondary N) is 1. The Hall–Kier alpha value is -4.96. The molecule has 1 aromatic carbocycles. The van der Waals surface area contributed by atoms with Crippen molar-refractivity contribution in [2.24, 2.45) is 0 Å². The van der Waals surface area contributed by atoms with Crippen LogP contribution in [0.5, 0.6) is 0 Å². The van der Waals surface area contributed by atoms with E-state index in [2.05, 4.69) is 41.6 Å². The number of ether oxygens (including phenoxy) is 1. The molecule has 186 valence electrons. The fourth-order valence-electron chi connectivity index (χ4n) is 4.63. The van der Waals surface area contributed by atoms with E-state index >= 15 is 0 Å². The van der Waals surface area contributed by atoms with Crippen LogP contribution < -0.4 is 4.90 Å². The highest BCUT2D eigenvalue weighted by atomic mass is 16.5. The minimum Gasteiger partial charge on any atom is -0.378 e. The third kappa shape index (κ3) is 4.16. The van der Waals surface area contributed by atoms with Crippen LogP contribution in [-0.4, -0.2) is 65.8 Å². The number of nitrogens with zero attached hydrogens (tertiary/aromatic N) is 8. The number of imidazole rings is 1. The Kier molecular flexibility index (Phi) is 5.56. The molecule has 7 rings (SSSR count). The first-order chi connectivity index (χ1) is 18.8. The number of fused-ring (bicyclic) bond motifs is 2. The normalized spacial score (nSPS) is 14.2. The van der Waals surface area contributed by atoms with Crippen LogP contribution >= 0.6 is 0 Å². The van der Waals surface area contributed by atoms with Gasteiger partial charge in [-0.05, 0) is 36.4 Å². The van der Waals surface area contributed by atoms with Gasteiger partial charge in [-0.15, -0.1) is 0 Å². The number of hydrogen-bond acceptors (Lipinski definition) is 8. The Bertz CT molecular complexity index is 1750. The third-order valence-corrected chi connectivity index (χ3v) is 6.57. The molecule has 0 saturated carbocycles. The van der Waals surface area contributed by atoms with E-state index in [9.17, 15) is 0 Å². The largest absolute Gasteiger partial charge is 0.378 e. The summed E-state index contributed by atoms with van der Waals surface area (Å²) >= 11 is 0. The fourth-order valence-corrected chi connectivity index (χ4v) is 4.63. The predicted octanol–water partition coefficient (Wildman–Crippen LogP) is 4.13. The Morgan fingerprint density at radius 2 is 1.74 bits per heavy atom. The average molecular weight is 502 g/mol. The van der Waals surface area contributed by atoms with Gasteiger partial charge in [0, 0.05) is 36.4 Å². The van der Waals surface area contributed by atoms with E-state index in [1.807, 2.05) is 67.1 Å². The van der Waals surface area contributed by atoms with E-state index < -0.39 is 0 Å². The lowest BCUT2D eigenvalue weighted by Gasteiger charge is -2.28. The van der Waals surface area contributed by atoms with Crippen LogP contribution in [0.4, 0.5) is 5.82 Å². The zero-order valence-corrected chi connectivity index (χ0v) is 20.4.